The number of carbonyl (C=O) groups excluding carboxylic acids is 3. The summed E-state index contributed by atoms with van der Waals surface area (Å²) in [6.07, 6.45) is 2.09. The number of tetrazole rings is 1. The fourth-order valence-electron chi connectivity index (χ4n) is 2.72. The molecule has 0 atom stereocenters. The van der Waals surface area contributed by atoms with Crippen LogP contribution in [0.2, 0.25) is 0 Å². The molecule has 1 aliphatic heterocycles. The van der Waals surface area contributed by atoms with Gasteiger partial charge in [-0.15, -0.1) is 5.10 Å². The number of anilines is 1. The summed E-state index contributed by atoms with van der Waals surface area (Å²) in [4.78, 5) is 38.1. The molecule has 26 heavy (non-hydrogen) atoms. The van der Waals surface area contributed by atoms with E-state index < -0.39 is 0 Å². The fraction of sp³-hybridized carbons (Fsp3) is 0.375. The lowest BCUT2D eigenvalue weighted by molar-refractivity contribution is -0.125. The second kappa shape index (κ2) is 7.30. The lowest BCUT2D eigenvalue weighted by Crippen LogP contribution is -2.32. The molecule has 0 spiro atoms. The third-order valence-corrected chi connectivity index (χ3v) is 4.11. The molecule has 2 heterocycles. The first-order chi connectivity index (χ1) is 12.5. The molecule has 1 aromatic carbocycles. The van der Waals surface area contributed by atoms with Crippen LogP contribution in [0.25, 0.3) is 5.69 Å². The van der Waals surface area contributed by atoms with Gasteiger partial charge in [-0.3, -0.25) is 14.5 Å². The number of nitrogens with zero attached hydrogens (tertiary/aromatic N) is 6. The lowest BCUT2D eigenvalue weighted by atomic mass is 10.1. The van der Waals surface area contributed by atoms with E-state index in [9.17, 15) is 14.4 Å². The molecule has 1 saturated heterocycles. The molecule has 0 bridgehead atoms. The van der Waals surface area contributed by atoms with Crippen LogP contribution in [0.1, 0.15) is 18.4 Å². The summed E-state index contributed by atoms with van der Waals surface area (Å²) in [5.41, 5.74) is 2.36. The molecule has 0 radical (unpaired) electrons. The predicted octanol–water partition coefficient (Wildman–Crippen LogP) is 0.583. The number of aromatic nitrogens is 4. The molecule has 1 N–H and O–H groups in total. The second-order valence-electron chi connectivity index (χ2n) is 6.09. The number of aryl methyl sites for hydroxylation is 1. The Morgan fingerprint density at radius 2 is 2.12 bits per heavy atom. The molecule has 2 aromatic rings. The largest absolute Gasteiger partial charge is 0.326 e. The summed E-state index contributed by atoms with van der Waals surface area (Å²) in [5.74, 6) is -0.425. The minimum atomic E-state index is -0.319. The van der Waals surface area contributed by atoms with Gasteiger partial charge in [0.05, 0.1) is 5.69 Å². The van der Waals surface area contributed by atoms with E-state index in [4.69, 9.17) is 0 Å². The molecule has 1 fully saturated rings. The Hall–Kier alpha value is -3.30. The smallest absolute Gasteiger partial charge is 0.326 e. The summed E-state index contributed by atoms with van der Waals surface area (Å²) in [6, 6.07) is 5.12. The summed E-state index contributed by atoms with van der Waals surface area (Å²) in [5, 5.41) is 13.9. The molecule has 1 aromatic heterocycles. The third-order valence-electron chi connectivity index (χ3n) is 4.11. The van der Waals surface area contributed by atoms with Crippen LogP contribution in [-0.2, 0) is 9.59 Å². The number of urea groups is 1. The van der Waals surface area contributed by atoms with E-state index in [0.29, 0.717) is 12.1 Å². The maximum Gasteiger partial charge on any atom is 0.326 e. The van der Waals surface area contributed by atoms with Gasteiger partial charge in [0.15, 0.2) is 0 Å². The molecule has 136 valence electrons. The zero-order valence-electron chi connectivity index (χ0n) is 14.5. The van der Waals surface area contributed by atoms with Crippen LogP contribution in [0.15, 0.2) is 24.5 Å². The van der Waals surface area contributed by atoms with Crippen LogP contribution in [0, 0.1) is 6.92 Å². The zero-order valence-corrected chi connectivity index (χ0v) is 14.5. The molecule has 1 aliphatic rings. The zero-order chi connectivity index (χ0) is 18.7. The first-order valence-corrected chi connectivity index (χ1v) is 8.15. The van der Waals surface area contributed by atoms with Crippen molar-refractivity contribution in [3.05, 3.63) is 30.1 Å². The Bertz CT molecular complexity index is 834. The van der Waals surface area contributed by atoms with Crippen LogP contribution in [0.3, 0.4) is 0 Å². The van der Waals surface area contributed by atoms with Crippen LogP contribution < -0.4 is 5.32 Å². The molecule has 0 unspecified atom stereocenters. The lowest BCUT2D eigenvalue weighted by Gasteiger charge is -2.14. The Kier molecular flexibility index (Phi) is 4.92. The highest BCUT2D eigenvalue weighted by Crippen LogP contribution is 2.18. The number of nitrogens with one attached hydrogen (secondary N) is 1. The summed E-state index contributed by atoms with van der Waals surface area (Å²) in [7, 11) is 1.58. The van der Waals surface area contributed by atoms with Gasteiger partial charge in [-0.1, -0.05) is 6.07 Å². The third kappa shape index (κ3) is 3.68. The van der Waals surface area contributed by atoms with Gasteiger partial charge in [-0.2, -0.15) is 0 Å². The van der Waals surface area contributed by atoms with Crippen molar-refractivity contribution in [3.8, 4) is 5.69 Å². The van der Waals surface area contributed by atoms with Crippen molar-refractivity contribution in [3.63, 3.8) is 0 Å². The number of amides is 4. The molecule has 4 amide bonds. The van der Waals surface area contributed by atoms with E-state index in [1.165, 1.54) is 20.8 Å². The molecule has 0 aliphatic carbocycles. The van der Waals surface area contributed by atoms with E-state index in [1.54, 1.807) is 19.2 Å². The summed E-state index contributed by atoms with van der Waals surface area (Å²) < 4.78 is 1.52. The first kappa shape index (κ1) is 17.5. The number of likely N-dealkylation sites (N-methyl/N-ethyl adjacent to an activating group) is 1. The van der Waals surface area contributed by atoms with Gasteiger partial charge in [0.2, 0.25) is 11.8 Å². The highest BCUT2D eigenvalue weighted by molar-refractivity contribution is 6.01. The van der Waals surface area contributed by atoms with Crippen molar-refractivity contribution in [2.75, 3.05) is 25.5 Å². The van der Waals surface area contributed by atoms with E-state index in [0.717, 1.165) is 11.3 Å². The van der Waals surface area contributed by atoms with Gasteiger partial charge in [0.25, 0.3) is 0 Å². The first-order valence-electron chi connectivity index (χ1n) is 8.15. The number of rotatable bonds is 6. The Balaban J connectivity index is 1.55. The van der Waals surface area contributed by atoms with Gasteiger partial charge < -0.3 is 10.2 Å². The minimum Gasteiger partial charge on any atom is -0.326 e. The van der Waals surface area contributed by atoms with Crippen LogP contribution in [-0.4, -0.2) is 68.0 Å². The highest BCUT2D eigenvalue weighted by Gasteiger charge is 2.32. The maximum absolute atomic E-state index is 12.1. The van der Waals surface area contributed by atoms with Gasteiger partial charge in [-0.05, 0) is 41.5 Å². The van der Waals surface area contributed by atoms with Gasteiger partial charge in [0.1, 0.15) is 12.9 Å². The second-order valence-corrected chi connectivity index (χ2v) is 6.09. The summed E-state index contributed by atoms with van der Waals surface area (Å²) in [6.45, 7) is 2.25. The fourth-order valence-corrected chi connectivity index (χ4v) is 2.72. The van der Waals surface area contributed by atoms with Crippen LogP contribution in [0.5, 0.6) is 0 Å². The van der Waals surface area contributed by atoms with E-state index in [-0.39, 0.29) is 37.4 Å². The predicted molar refractivity (Wildman–Crippen MR) is 91.5 cm³/mol. The highest BCUT2D eigenvalue weighted by atomic mass is 16.2. The van der Waals surface area contributed by atoms with Crippen molar-refractivity contribution in [1.29, 1.82) is 0 Å². The summed E-state index contributed by atoms with van der Waals surface area (Å²) >= 11 is 0. The number of benzene rings is 1. The van der Waals surface area contributed by atoms with Gasteiger partial charge in [0, 0.05) is 25.7 Å². The van der Waals surface area contributed by atoms with E-state index in [1.807, 2.05) is 13.0 Å². The quantitative estimate of drug-likeness (QED) is 0.757. The molecule has 10 heteroatoms. The van der Waals surface area contributed by atoms with Crippen molar-refractivity contribution >= 4 is 23.5 Å². The number of imide groups is 1. The average Bonchev–Trinajstić information content (AvgIpc) is 3.21. The van der Waals surface area contributed by atoms with Gasteiger partial charge >= 0.3 is 6.03 Å². The Morgan fingerprint density at radius 3 is 2.77 bits per heavy atom. The van der Waals surface area contributed by atoms with Crippen molar-refractivity contribution in [2.24, 2.45) is 0 Å². The SMILES string of the molecule is Cc1ccc(NC(=O)CCCN2C(=O)CN(C)C2=O)cc1-n1cnnn1. The average molecular weight is 357 g/mol. The standard InChI is InChI=1S/C16H19N7O3/c1-11-5-6-12(8-13(11)23-10-17-19-20-23)18-14(24)4-3-7-22-15(25)9-21(2)16(22)26/h5-6,8,10H,3-4,7,9H2,1-2H3,(H,18,24). The van der Waals surface area contributed by atoms with Crippen LogP contribution in [0.4, 0.5) is 10.5 Å². The molecule has 10 nitrogen and oxygen atoms in total. The topological polar surface area (TPSA) is 113 Å². The van der Waals surface area contributed by atoms with E-state index in [2.05, 4.69) is 20.8 Å². The minimum absolute atomic E-state index is 0.0916. The van der Waals surface area contributed by atoms with Gasteiger partial charge in [-0.25, -0.2) is 9.48 Å². The Morgan fingerprint density at radius 1 is 1.31 bits per heavy atom. The molecule has 0 saturated carbocycles. The van der Waals surface area contributed by atoms with Crippen LogP contribution >= 0.6 is 0 Å². The maximum atomic E-state index is 12.1. The Labute approximate surface area is 149 Å². The molecular formula is C16H19N7O3. The number of carbonyl (C=O) groups is 3. The van der Waals surface area contributed by atoms with Crippen molar-refractivity contribution in [2.45, 2.75) is 19.8 Å². The number of hydrogen-bond acceptors (Lipinski definition) is 6. The van der Waals surface area contributed by atoms with E-state index >= 15 is 0 Å². The molecular weight excluding hydrogens is 338 g/mol. The monoisotopic (exact) mass is 357 g/mol. The molecule has 3 rings (SSSR count). The van der Waals surface area contributed by atoms with Crippen molar-refractivity contribution < 1.29 is 14.4 Å². The number of hydrogen-bond donors (Lipinski definition) is 1. The normalized spacial score (nSPS) is 14.2. The van der Waals surface area contributed by atoms with Crippen molar-refractivity contribution in [1.82, 2.24) is 30.0 Å².